The van der Waals surface area contributed by atoms with Crippen LogP contribution in [0.25, 0.3) is 0 Å². The molecule has 0 saturated carbocycles. The average molecular weight is 300 g/mol. The van der Waals surface area contributed by atoms with E-state index in [1.807, 2.05) is 0 Å². The topological polar surface area (TPSA) is 104 Å². The molecule has 0 aliphatic heterocycles. The van der Waals surface area contributed by atoms with E-state index < -0.39 is 23.1 Å². The Bertz CT molecular complexity index is 850. The highest BCUT2D eigenvalue weighted by molar-refractivity contribution is 6.31. The molecule has 22 heavy (non-hydrogen) atoms. The molecule has 1 aliphatic carbocycles. The van der Waals surface area contributed by atoms with Gasteiger partial charge in [0.2, 0.25) is 5.78 Å². The first-order chi connectivity index (χ1) is 10.4. The van der Waals surface area contributed by atoms with Gasteiger partial charge in [-0.2, -0.15) is 0 Å². The van der Waals surface area contributed by atoms with E-state index in [0.717, 1.165) is 0 Å². The number of phenolic OH excluding ortho intramolecular Hbond substituents is 3. The zero-order chi connectivity index (χ0) is 16.2. The van der Waals surface area contributed by atoms with Crippen LogP contribution in [0.15, 0.2) is 18.2 Å². The highest BCUT2D eigenvalue weighted by atomic mass is 16.5. The number of hydrogen-bond acceptors (Lipinski definition) is 6. The van der Waals surface area contributed by atoms with Crippen molar-refractivity contribution in [2.24, 2.45) is 0 Å². The van der Waals surface area contributed by atoms with Crippen LogP contribution in [-0.4, -0.2) is 34.0 Å². The fourth-order valence-electron chi connectivity index (χ4n) is 2.74. The fraction of sp³-hybridized carbons (Fsp3) is 0.125. The Balaban J connectivity index is 2.46. The minimum atomic E-state index is -0.742. The van der Waals surface area contributed by atoms with E-state index in [9.17, 15) is 24.9 Å². The number of hydrogen-bond donors (Lipinski definition) is 3. The summed E-state index contributed by atoms with van der Waals surface area (Å²) < 4.78 is 4.99. The van der Waals surface area contributed by atoms with Gasteiger partial charge in [0.05, 0.1) is 23.8 Å². The number of aromatic hydroxyl groups is 3. The molecule has 2 aromatic rings. The lowest BCUT2D eigenvalue weighted by Crippen LogP contribution is -2.22. The van der Waals surface area contributed by atoms with Crippen molar-refractivity contribution in [2.75, 3.05) is 7.11 Å². The number of ketones is 2. The third kappa shape index (κ3) is 1.54. The molecule has 0 saturated heterocycles. The summed E-state index contributed by atoms with van der Waals surface area (Å²) in [6, 6.07) is 4.09. The van der Waals surface area contributed by atoms with Gasteiger partial charge in [-0.1, -0.05) is 12.1 Å². The standard InChI is InChI=1S/C16H12O6/c1-6-12(18)10-11(15(21)16(6)22-2)14(20)9-7(13(10)19)4-3-5-8(9)17/h3-5,17-18,21H,1-2H3. The minimum absolute atomic E-state index is 0.0169. The van der Waals surface area contributed by atoms with Crippen LogP contribution < -0.4 is 4.74 Å². The molecule has 1 aliphatic rings. The summed E-state index contributed by atoms with van der Waals surface area (Å²) in [6.45, 7) is 1.46. The van der Waals surface area contributed by atoms with Gasteiger partial charge in [0.25, 0.3) is 0 Å². The summed E-state index contributed by atoms with van der Waals surface area (Å²) in [5.74, 6) is -2.78. The Hall–Kier alpha value is -3.02. The fourth-order valence-corrected chi connectivity index (χ4v) is 2.74. The Labute approximate surface area is 125 Å². The first kappa shape index (κ1) is 13.9. The molecule has 2 aromatic carbocycles. The molecule has 3 N–H and O–H groups in total. The SMILES string of the molecule is COc1c(C)c(O)c2c(c1O)C(=O)c1c(O)cccc1C2=O. The summed E-state index contributed by atoms with van der Waals surface area (Å²) in [5.41, 5.74) is -0.696. The smallest absolute Gasteiger partial charge is 0.202 e. The van der Waals surface area contributed by atoms with Crippen molar-refractivity contribution in [3.8, 4) is 23.0 Å². The number of methoxy groups -OCH3 is 1. The van der Waals surface area contributed by atoms with E-state index in [0.29, 0.717) is 0 Å². The highest BCUT2D eigenvalue weighted by Gasteiger charge is 2.38. The number of carbonyl (C=O) groups is 2. The van der Waals surface area contributed by atoms with Gasteiger partial charge in [-0.25, -0.2) is 0 Å². The first-order valence-corrected chi connectivity index (χ1v) is 6.44. The van der Waals surface area contributed by atoms with Crippen LogP contribution in [0.1, 0.15) is 37.4 Å². The molecule has 0 radical (unpaired) electrons. The summed E-state index contributed by atoms with van der Waals surface area (Å²) in [6.07, 6.45) is 0. The lowest BCUT2D eigenvalue weighted by atomic mass is 9.81. The molecule has 0 unspecified atom stereocenters. The molecule has 0 amide bonds. The van der Waals surface area contributed by atoms with Crippen LogP contribution in [0.5, 0.6) is 23.0 Å². The van der Waals surface area contributed by atoms with E-state index in [-0.39, 0.29) is 39.3 Å². The largest absolute Gasteiger partial charge is 0.507 e. The number of carbonyl (C=O) groups excluding carboxylic acids is 2. The number of benzene rings is 2. The Kier molecular flexibility index (Phi) is 2.84. The first-order valence-electron chi connectivity index (χ1n) is 6.44. The molecule has 0 fully saturated rings. The van der Waals surface area contributed by atoms with E-state index in [1.54, 1.807) is 0 Å². The number of fused-ring (bicyclic) bond motifs is 2. The summed E-state index contributed by atoms with van der Waals surface area (Å²) in [4.78, 5) is 25.1. The van der Waals surface area contributed by atoms with Crippen molar-refractivity contribution >= 4 is 11.6 Å². The zero-order valence-electron chi connectivity index (χ0n) is 11.8. The van der Waals surface area contributed by atoms with Gasteiger partial charge >= 0.3 is 0 Å². The monoisotopic (exact) mass is 300 g/mol. The van der Waals surface area contributed by atoms with Crippen molar-refractivity contribution in [3.05, 3.63) is 46.0 Å². The van der Waals surface area contributed by atoms with E-state index in [1.165, 1.54) is 32.2 Å². The summed E-state index contributed by atoms with van der Waals surface area (Å²) in [5, 5.41) is 30.4. The van der Waals surface area contributed by atoms with Crippen molar-refractivity contribution in [3.63, 3.8) is 0 Å². The molecule has 112 valence electrons. The van der Waals surface area contributed by atoms with Gasteiger partial charge in [-0.05, 0) is 13.0 Å². The minimum Gasteiger partial charge on any atom is -0.507 e. The van der Waals surface area contributed by atoms with Gasteiger partial charge < -0.3 is 20.1 Å². The molecule has 0 spiro atoms. The van der Waals surface area contributed by atoms with Crippen molar-refractivity contribution in [2.45, 2.75) is 6.92 Å². The maximum absolute atomic E-state index is 12.6. The summed E-state index contributed by atoms with van der Waals surface area (Å²) in [7, 11) is 1.27. The number of rotatable bonds is 1. The highest BCUT2D eigenvalue weighted by Crippen LogP contribution is 2.47. The summed E-state index contributed by atoms with van der Waals surface area (Å²) >= 11 is 0. The van der Waals surface area contributed by atoms with E-state index in [2.05, 4.69) is 0 Å². The molecular weight excluding hydrogens is 288 g/mol. The second kappa shape index (κ2) is 4.49. The molecule has 0 heterocycles. The lowest BCUT2D eigenvalue weighted by molar-refractivity contribution is 0.0971. The van der Waals surface area contributed by atoms with Gasteiger partial charge in [0.1, 0.15) is 11.5 Å². The van der Waals surface area contributed by atoms with Crippen LogP contribution in [0, 0.1) is 6.92 Å². The normalized spacial score (nSPS) is 12.8. The predicted molar refractivity (Wildman–Crippen MR) is 76.0 cm³/mol. The zero-order valence-corrected chi connectivity index (χ0v) is 11.8. The molecule has 0 aromatic heterocycles. The van der Waals surface area contributed by atoms with Crippen molar-refractivity contribution < 1.29 is 29.6 Å². The predicted octanol–water partition coefficient (Wildman–Crippen LogP) is 1.90. The lowest BCUT2D eigenvalue weighted by Gasteiger charge is -2.22. The number of ether oxygens (including phenoxy) is 1. The van der Waals surface area contributed by atoms with Gasteiger partial charge in [0, 0.05) is 11.1 Å². The van der Waals surface area contributed by atoms with Gasteiger partial charge in [-0.3, -0.25) is 9.59 Å². The van der Waals surface area contributed by atoms with E-state index >= 15 is 0 Å². The van der Waals surface area contributed by atoms with Crippen LogP contribution >= 0.6 is 0 Å². The molecule has 6 nitrogen and oxygen atoms in total. The maximum atomic E-state index is 12.6. The Morgan fingerprint density at radius 1 is 0.909 bits per heavy atom. The second-order valence-corrected chi connectivity index (χ2v) is 4.96. The molecule has 0 bridgehead atoms. The molecular formula is C16H12O6. The Morgan fingerprint density at radius 2 is 1.55 bits per heavy atom. The van der Waals surface area contributed by atoms with Crippen LogP contribution in [0.4, 0.5) is 0 Å². The average Bonchev–Trinajstić information content (AvgIpc) is 2.49. The van der Waals surface area contributed by atoms with E-state index in [4.69, 9.17) is 4.74 Å². The molecule has 3 rings (SSSR count). The van der Waals surface area contributed by atoms with Crippen LogP contribution in [0.3, 0.4) is 0 Å². The van der Waals surface area contributed by atoms with Crippen molar-refractivity contribution in [1.82, 2.24) is 0 Å². The molecule has 6 heteroatoms. The van der Waals surface area contributed by atoms with Crippen LogP contribution in [-0.2, 0) is 0 Å². The third-order valence-corrected chi connectivity index (χ3v) is 3.81. The quantitative estimate of drug-likeness (QED) is 0.593. The van der Waals surface area contributed by atoms with Gasteiger partial charge in [0.15, 0.2) is 17.3 Å². The van der Waals surface area contributed by atoms with Crippen LogP contribution in [0.2, 0.25) is 0 Å². The third-order valence-electron chi connectivity index (χ3n) is 3.81. The maximum Gasteiger partial charge on any atom is 0.202 e. The Morgan fingerprint density at radius 3 is 2.18 bits per heavy atom. The van der Waals surface area contributed by atoms with Gasteiger partial charge in [-0.15, -0.1) is 0 Å². The second-order valence-electron chi connectivity index (χ2n) is 4.96. The molecule has 0 atom stereocenters. The van der Waals surface area contributed by atoms with Crippen molar-refractivity contribution in [1.29, 1.82) is 0 Å². The number of phenols is 3.